The molecule has 0 saturated heterocycles. The average Bonchev–Trinajstić information content (AvgIpc) is 2.14. The lowest BCUT2D eigenvalue weighted by Crippen LogP contribution is -2.21. The van der Waals surface area contributed by atoms with Gasteiger partial charge in [-0.15, -0.1) is 0 Å². The van der Waals surface area contributed by atoms with Crippen molar-refractivity contribution < 1.29 is 19.1 Å². The highest BCUT2D eigenvalue weighted by Crippen LogP contribution is 2.11. The maximum Gasteiger partial charge on any atom is 0.334 e. The van der Waals surface area contributed by atoms with E-state index in [1.54, 1.807) is 13.8 Å². The lowest BCUT2D eigenvalue weighted by atomic mass is 10.0. The number of carbonyl (C=O) groups is 2. The summed E-state index contributed by atoms with van der Waals surface area (Å²) in [6.07, 6.45) is 0. The summed E-state index contributed by atoms with van der Waals surface area (Å²) in [5.74, 6) is -1.69. The molecule has 0 aliphatic carbocycles. The molecule has 0 aromatic heterocycles. The monoisotopic (exact) mass is 186 g/mol. The molecule has 4 heteroatoms. The molecule has 0 radical (unpaired) electrons. The van der Waals surface area contributed by atoms with Crippen molar-refractivity contribution in [2.24, 2.45) is 5.92 Å². The van der Waals surface area contributed by atoms with Crippen molar-refractivity contribution in [3.8, 4) is 0 Å². The van der Waals surface area contributed by atoms with Crippen molar-refractivity contribution in [3.05, 3.63) is 12.2 Å². The minimum Gasteiger partial charge on any atom is -0.469 e. The predicted molar refractivity (Wildman–Crippen MR) is 47.0 cm³/mol. The molecule has 74 valence electrons. The van der Waals surface area contributed by atoms with E-state index in [0.717, 1.165) is 0 Å². The zero-order valence-corrected chi connectivity index (χ0v) is 8.12. The Morgan fingerprint density at radius 2 is 2.00 bits per heavy atom. The molecule has 0 aliphatic rings. The molecule has 4 nitrogen and oxygen atoms in total. The standard InChI is InChI=1S/C9H14O4/c1-5-13-9(11)7(3)6(2)8(10)12-4/h6H,3,5H2,1-2,4H3. The fourth-order valence-corrected chi connectivity index (χ4v) is 0.720. The van der Waals surface area contributed by atoms with Crippen molar-refractivity contribution >= 4 is 11.9 Å². The molecule has 0 saturated carbocycles. The molecule has 0 fully saturated rings. The quantitative estimate of drug-likeness (QED) is 0.484. The highest BCUT2D eigenvalue weighted by Gasteiger charge is 2.22. The zero-order valence-electron chi connectivity index (χ0n) is 8.12. The summed E-state index contributed by atoms with van der Waals surface area (Å²) in [4.78, 5) is 22.0. The van der Waals surface area contributed by atoms with Crippen LogP contribution in [-0.4, -0.2) is 25.7 Å². The fraction of sp³-hybridized carbons (Fsp3) is 0.556. The minimum atomic E-state index is -0.649. The van der Waals surface area contributed by atoms with Crippen LogP contribution < -0.4 is 0 Å². The van der Waals surface area contributed by atoms with Crippen molar-refractivity contribution in [2.75, 3.05) is 13.7 Å². The molecular formula is C9H14O4. The molecule has 0 aliphatic heterocycles. The second-order valence-corrected chi connectivity index (χ2v) is 2.49. The van der Waals surface area contributed by atoms with E-state index in [1.807, 2.05) is 0 Å². The summed E-state index contributed by atoms with van der Waals surface area (Å²) in [5, 5.41) is 0. The summed E-state index contributed by atoms with van der Waals surface area (Å²) in [6.45, 7) is 6.97. The van der Waals surface area contributed by atoms with Crippen LogP contribution in [0, 0.1) is 5.92 Å². The molecule has 0 spiro atoms. The molecule has 1 atom stereocenters. The molecule has 0 rings (SSSR count). The second kappa shape index (κ2) is 5.35. The van der Waals surface area contributed by atoms with E-state index >= 15 is 0 Å². The first-order valence-electron chi connectivity index (χ1n) is 3.98. The van der Waals surface area contributed by atoms with E-state index in [9.17, 15) is 9.59 Å². The number of hydrogen-bond donors (Lipinski definition) is 0. The highest BCUT2D eigenvalue weighted by atomic mass is 16.5. The van der Waals surface area contributed by atoms with Gasteiger partial charge in [0.15, 0.2) is 0 Å². The Hall–Kier alpha value is -1.32. The number of hydrogen-bond acceptors (Lipinski definition) is 4. The molecule has 0 aromatic rings. The van der Waals surface area contributed by atoms with Gasteiger partial charge in [-0.3, -0.25) is 4.79 Å². The summed E-state index contributed by atoms with van der Waals surface area (Å²) in [7, 11) is 1.26. The number of methoxy groups -OCH3 is 1. The number of rotatable bonds is 4. The van der Waals surface area contributed by atoms with Crippen molar-refractivity contribution in [2.45, 2.75) is 13.8 Å². The Morgan fingerprint density at radius 1 is 1.46 bits per heavy atom. The Kier molecular flexibility index (Phi) is 4.80. The van der Waals surface area contributed by atoms with Crippen molar-refractivity contribution in [1.82, 2.24) is 0 Å². The average molecular weight is 186 g/mol. The van der Waals surface area contributed by atoms with Gasteiger partial charge in [0.2, 0.25) is 0 Å². The Morgan fingerprint density at radius 3 is 2.38 bits per heavy atom. The fourth-order valence-electron chi connectivity index (χ4n) is 0.720. The molecule has 1 unspecified atom stereocenters. The van der Waals surface area contributed by atoms with Gasteiger partial charge in [-0.2, -0.15) is 0 Å². The van der Waals surface area contributed by atoms with Gasteiger partial charge in [-0.05, 0) is 13.8 Å². The SMILES string of the molecule is C=C(C(=O)OCC)C(C)C(=O)OC. The van der Waals surface area contributed by atoms with Crippen LogP contribution in [0.2, 0.25) is 0 Å². The lowest BCUT2D eigenvalue weighted by Gasteiger charge is -2.10. The number of ether oxygens (including phenoxy) is 2. The van der Waals surface area contributed by atoms with E-state index < -0.39 is 17.9 Å². The van der Waals surface area contributed by atoms with Gasteiger partial charge in [-0.25, -0.2) is 4.79 Å². The van der Waals surface area contributed by atoms with E-state index in [-0.39, 0.29) is 12.2 Å². The molecule has 0 heterocycles. The zero-order chi connectivity index (χ0) is 10.4. The normalized spacial score (nSPS) is 11.6. The van der Waals surface area contributed by atoms with Crippen LogP contribution in [0.15, 0.2) is 12.2 Å². The molecule has 0 amide bonds. The van der Waals surface area contributed by atoms with Gasteiger partial charge in [0.25, 0.3) is 0 Å². The van der Waals surface area contributed by atoms with Crippen LogP contribution in [0.1, 0.15) is 13.8 Å². The van der Waals surface area contributed by atoms with E-state index in [4.69, 9.17) is 0 Å². The molecule has 0 bridgehead atoms. The smallest absolute Gasteiger partial charge is 0.334 e. The summed E-state index contributed by atoms with van der Waals surface area (Å²) < 4.78 is 9.13. The third-order valence-corrected chi connectivity index (χ3v) is 1.62. The van der Waals surface area contributed by atoms with Crippen LogP contribution in [0.25, 0.3) is 0 Å². The molecule has 13 heavy (non-hydrogen) atoms. The van der Waals surface area contributed by atoms with Gasteiger partial charge in [0.1, 0.15) is 0 Å². The molecule has 0 aromatic carbocycles. The second-order valence-electron chi connectivity index (χ2n) is 2.49. The topological polar surface area (TPSA) is 52.6 Å². The third kappa shape index (κ3) is 3.27. The van der Waals surface area contributed by atoms with Crippen LogP contribution in [-0.2, 0) is 19.1 Å². The van der Waals surface area contributed by atoms with Crippen LogP contribution in [0.3, 0.4) is 0 Å². The minimum absolute atomic E-state index is 0.119. The summed E-state index contributed by atoms with van der Waals surface area (Å²) >= 11 is 0. The van der Waals surface area contributed by atoms with Crippen LogP contribution in [0.5, 0.6) is 0 Å². The van der Waals surface area contributed by atoms with Gasteiger partial charge in [0, 0.05) is 5.57 Å². The number of esters is 2. The maximum atomic E-state index is 11.1. The Labute approximate surface area is 77.5 Å². The van der Waals surface area contributed by atoms with E-state index in [0.29, 0.717) is 0 Å². The van der Waals surface area contributed by atoms with Gasteiger partial charge >= 0.3 is 11.9 Å². The number of carbonyl (C=O) groups excluding carboxylic acids is 2. The Bertz CT molecular complexity index is 220. The largest absolute Gasteiger partial charge is 0.469 e. The third-order valence-electron chi connectivity index (χ3n) is 1.62. The Balaban J connectivity index is 4.25. The first-order chi connectivity index (χ1) is 6.04. The first kappa shape index (κ1) is 11.7. The van der Waals surface area contributed by atoms with Gasteiger partial charge in [0.05, 0.1) is 19.6 Å². The summed E-state index contributed by atoms with van der Waals surface area (Å²) in [5.41, 5.74) is 0.119. The maximum absolute atomic E-state index is 11.1. The highest BCUT2D eigenvalue weighted by molar-refractivity contribution is 5.94. The van der Waals surface area contributed by atoms with Crippen molar-refractivity contribution in [3.63, 3.8) is 0 Å². The summed E-state index contributed by atoms with van der Waals surface area (Å²) in [6, 6.07) is 0. The van der Waals surface area contributed by atoms with E-state index in [2.05, 4.69) is 16.1 Å². The van der Waals surface area contributed by atoms with E-state index in [1.165, 1.54) is 7.11 Å². The lowest BCUT2D eigenvalue weighted by molar-refractivity contribution is -0.147. The predicted octanol–water partition coefficient (Wildman–Crippen LogP) is 0.915. The van der Waals surface area contributed by atoms with Crippen LogP contribution >= 0.6 is 0 Å². The first-order valence-corrected chi connectivity index (χ1v) is 3.98. The van der Waals surface area contributed by atoms with Crippen LogP contribution in [0.4, 0.5) is 0 Å². The van der Waals surface area contributed by atoms with Crippen molar-refractivity contribution in [1.29, 1.82) is 0 Å². The van der Waals surface area contributed by atoms with Gasteiger partial charge in [-0.1, -0.05) is 6.58 Å². The van der Waals surface area contributed by atoms with Gasteiger partial charge < -0.3 is 9.47 Å². The molecule has 0 N–H and O–H groups in total. The molecular weight excluding hydrogens is 172 g/mol.